The standard InChI is InChI=1S/C6H14ClN.ClH/c1-2-3-5-8-6-4-7;/h8H,2-6H2,1H3;1H. The van der Waals surface area contributed by atoms with E-state index in [0.717, 1.165) is 19.0 Å². The molecule has 0 radical (unpaired) electrons. The van der Waals surface area contributed by atoms with Crippen LogP contribution in [-0.2, 0) is 0 Å². The fourth-order valence-corrected chi connectivity index (χ4v) is 0.627. The van der Waals surface area contributed by atoms with Crippen LogP contribution < -0.4 is 5.32 Å². The van der Waals surface area contributed by atoms with E-state index in [1.807, 2.05) is 0 Å². The van der Waals surface area contributed by atoms with E-state index in [1.165, 1.54) is 12.8 Å². The van der Waals surface area contributed by atoms with Gasteiger partial charge < -0.3 is 5.32 Å². The summed E-state index contributed by atoms with van der Waals surface area (Å²) in [5, 5.41) is 3.20. The lowest BCUT2D eigenvalue weighted by atomic mass is 10.3. The third-order valence-electron chi connectivity index (χ3n) is 0.978. The molecule has 9 heavy (non-hydrogen) atoms. The Morgan fingerprint density at radius 3 is 2.44 bits per heavy atom. The highest BCUT2D eigenvalue weighted by atomic mass is 35.5. The molecule has 3 heteroatoms. The molecule has 0 atom stereocenters. The van der Waals surface area contributed by atoms with Gasteiger partial charge in [-0.25, -0.2) is 0 Å². The van der Waals surface area contributed by atoms with Gasteiger partial charge in [-0.15, -0.1) is 24.0 Å². The third-order valence-corrected chi connectivity index (χ3v) is 1.17. The summed E-state index contributed by atoms with van der Waals surface area (Å²) in [6, 6.07) is 0. The zero-order chi connectivity index (χ0) is 6.24. The van der Waals surface area contributed by atoms with Gasteiger partial charge >= 0.3 is 0 Å². The van der Waals surface area contributed by atoms with Gasteiger partial charge in [-0.3, -0.25) is 0 Å². The number of alkyl halides is 1. The van der Waals surface area contributed by atoms with Crippen LogP contribution in [0.2, 0.25) is 0 Å². The van der Waals surface area contributed by atoms with Crippen LogP contribution in [0.3, 0.4) is 0 Å². The molecule has 0 amide bonds. The number of nitrogens with one attached hydrogen (secondary N) is 1. The maximum absolute atomic E-state index is 5.42. The number of rotatable bonds is 5. The molecule has 0 heterocycles. The number of hydrogen-bond donors (Lipinski definition) is 1. The van der Waals surface area contributed by atoms with Gasteiger partial charge in [0.1, 0.15) is 0 Å². The molecule has 0 spiro atoms. The van der Waals surface area contributed by atoms with Gasteiger partial charge in [0, 0.05) is 12.4 Å². The van der Waals surface area contributed by atoms with Crippen molar-refractivity contribution < 1.29 is 0 Å². The van der Waals surface area contributed by atoms with Gasteiger partial charge in [0.25, 0.3) is 0 Å². The van der Waals surface area contributed by atoms with Gasteiger partial charge in [0.15, 0.2) is 0 Å². The van der Waals surface area contributed by atoms with Crippen molar-refractivity contribution in [1.82, 2.24) is 5.32 Å². The van der Waals surface area contributed by atoms with Gasteiger partial charge in [0.2, 0.25) is 0 Å². The predicted octanol–water partition coefficient (Wildman–Crippen LogP) is 2.04. The first-order chi connectivity index (χ1) is 3.91. The van der Waals surface area contributed by atoms with Crippen LogP contribution >= 0.6 is 24.0 Å². The summed E-state index contributed by atoms with van der Waals surface area (Å²) in [6.45, 7) is 4.24. The van der Waals surface area contributed by atoms with Crippen LogP contribution in [0.15, 0.2) is 0 Å². The van der Waals surface area contributed by atoms with Crippen molar-refractivity contribution in [3.05, 3.63) is 0 Å². The van der Waals surface area contributed by atoms with Crippen molar-refractivity contribution in [2.45, 2.75) is 19.8 Å². The Morgan fingerprint density at radius 1 is 1.33 bits per heavy atom. The molecule has 0 aromatic heterocycles. The average Bonchev–Trinajstić information content (AvgIpc) is 1.81. The summed E-state index contributed by atoms with van der Waals surface area (Å²) in [6.07, 6.45) is 2.52. The summed E-state index contributed by atoms with van der Waals surface area (Å²) in [5.41, 5.74) is 0. The Hall–Kier alpha value is 0.540. The van der Waals surface area contributed by atoms with Crippen LogP contribution in [0, 0.1) is 0 Å². The van der Waals surface area contributed by atoms with Crippen LogP contribution in [0.1, 0.15) is 19.8 Å². The average molecular weight is 172 g/mol. The normalized spacial score (nSPS) is 8.67. The van der Waals surface area contributed by atoms with E-state index in [-0.39, 0.29) is 12.4 Å². The Kier molecular flexibility index (Phi) is 15.4. The molecule has 0 aromatic carbocycles. The zero-order valence-electron chi connectivity index (χ0n) is 5.82. The Morgan fingerprint density at radius 2 is 2.00 bits per heavy atom. The summed E-state index contributed by atoms with van der Waals surface area (Å²) in [4.78, 5) is 0. The lowest BCUT2D eigenvalue weighted by Crippen LogP contribution is -2.17. The third kappa shape index (κ3) is 11.9. The molecule has 0 bridgehead atoms. The molecule has 0 saturated carbocycles. The minimum Gasteiger partial charge on any atom is -0.316 e. The molecule has 0 rings (SSSR count). The second-order valence-corrected chi connectivity index (χ2v) is 2.17. The van der Waals surface area contributed by atoms with Crippen molar-refractivity contribution in [3.63, 3.8) is 0 Å². The largest absolute Gasteiger partial charge is 0.316 e. The van der Waals surface area contributed by atoms with Crippen molar-refractivity contribution in [1.29, 1.82) is 0 Å². The van der Waals surface area contributed by atoms with Crippen molar-refractivity contribution in [2.75, 3.05) is 19.0 Å². The molecule has 0 aliphatic carbocycles. The van der Waals surface area contributed by atoms with Crippen LogP contribution in [0.25, 0.3) is 0 Å². The van der Waals surface area contributed by atoms with E-state index >= 15 is 0 Å². The SMILES string of the molecule is CCCCNCCCl.Cl. The topological polar surface area (TPSA) is 12.0 Å². The summed E-state index contributed by atoms with van der Waals surface area (Å²) in [5.74, 6) is 0.726. The number of unbranched alkanes of at least 4 members (excludes halogenated alkanes) is 1. The molecule has 1 N–H and O–H groups in total. The van der Waals surface area contributed by atoms with Crippen LogP contribution in [-0.4, -0.2) is 19.0 Å². The number of hydrogen-bond acceptors (Lipinski definition) is 1. The first-order valence-corrected chi connectivity index (χ1v) is 3.72. The van der Waals surface area contributed by atoms with E-state index in [4.69, 9.17) is 11.6 Å². The quantitative estimate of drug-likeness (QED) is 0.494. The van der Waals surface area contributed by atoms with E-state index in [0.29, 0.717) is 0 Å². The van der Waals surface area contributed by atoms with E-state index in [1.54, 1.807) is 0 Å². The minimum atomic E-state index is 0. The first kappa shape index (κ1) is 12.2. The summed E-state index contributed by atoms with van der Waals surface area (Å²) in [7, 11) is 0. The van der Waals surface area contributed by atoms with Crippen molar-refractivity contribution in [3.8, 4) is 0 Å². The second-order valence-electron chi connectivity index (χ2n) is 1.79. The van der Waals surface area contributed by atoms with Crippen molar-refractivity contribution >= 4 is 24.0 Å². The van der Waals surface area contributed by atoms with Gasteiger partial charge in [-0.2, -0.15) is 0 Å². The first-order valence-electron chi connectivity index (χ1n) is 3.18. The fraction of sp³-hybridized carbons (Fsp3) is 1.00. The minimum absolute atomic E-state index is 0. The monoisotopic (exact) mass is 171 g/mol. The second kappa shape index (κ2) is 11.4. The molecule has 0 aromatic rings. The lowest BCUT2D eigenvalue weighted by Gasteiger charge is -1.97. The molecule has 0 unspecified atom stereocenters. The summed E-state index contributed by atoms with van der Waals surface area (Å²) >= 11 is 5.42. The predicted molar refractivity (Wildman–Crippen MR) is 45.7 cm³/mol. The van der Waals surface area contributed by atoms with Crippen LogP contribution in [0.5, 0.6) is 0 Å². The van der Waals surface area contributed by atoms with E-state index < -0.39 is 0 Å². The Labute approximate surface area is 68.6 Å². The molecular formula is C6H15Cl2N. The van der Waals surface area contributed by atoms with Gasteiger partial charge in [-0.05, 0) is 13.0 Å². The van der Waals surface area contributed by atoms with Gasteiger partial charge in [0.05, 0.1) is 0 Å². The van der Waals surface area contributed by atoms with Crippen LogP contribution in [0.4, 0.5) is 0 Å². The smallest absolute Gasteiger partial charge is 0.0348 e. The molecular weight excluding hydrogens is 157 g/mol. The molecule has 0 saturated heterocycles. The summed E-state index contributed by atoms with van der Waals surface area (Å²) < 4.78 is 0. The molecule has 58 valence electrons. The molecule has 0 aliphatic rings. The fourth-order valence-electron chi connectivity index (χ4n) is 0.494. The van der Waals surface area contributed by atoms with Crippen molar-refractivity contribution in [2.24, 2.45) is 0 Å². The van der Waals surface area contributed by atoms with E-state index in [2.05, 4.69) is 12.2 Å². The molecule has 1 nitrogen and oxygen atoms in total. The highest BCUT2D eigenvalue weighted by Gasteiger charge is 1.81. The highest BCUT2D eigenvalue weighted by molar-refractivity contribution is 6.18. The zero-order valence-corrected chi connectivity index (χ0v) is 7.39. The number of halogens is 2. The maximum atomic E-state index is 5.42. The molecule has 0 fully saturated rings. The van der Waals surface area contributed by atoms with E-state index in [9.17, 15) is 0 Å². The van der Waals surface area contributed by atoms with Gasteiger partial charge in [-0.1, -0.05) is 13.3 Å². The Balaban J connectivity index is 0. The Bertz CT molecular complexity index is 36.0. The lowest BCUT2D eigenvalue weighted by molar-refractivity contribution is 0.665. The highest BCUT2D eigenvalue weighted by Crippen LogP contribution is 1.81. The maximum Gasteiger partial charge on any atom is 0.0348 e. The molecule has 0 aliphatic heterocycles.